The van der Waals surface area contributed by atoms with Crippen molar-refractivity contribution in [3.8, 4) is 16.9 Å². The fourth-order valence-electron chi connectivity index (χ4n) is 3.64. The second kappa shape index (κ2) is 6.99. The van der Waals surface area contributed by atoms with E-state index in [1.807, 2.05) is 12.1 Å². The molecular weight excluding hydrogens is 341 g/mol. The molecule has 4 nitrogen and oxygen atoms in total. The molecule has 1 amide bonds. The zero-order valence-electron chi connectivity index (χ0n) is 15.6. The highest BCUT2D eigenvalue weighted by Crippen LogP contribution is 2.32. The van der Waals surface area contributed by atoms with Gasteiger partial charge in [0.2, 0.25) is 5.91 Å². The van der Waals surface area contributed by atoms with Gasteiger partial charge in [-0.25, -0.2) is 9.37 Å². The molecule has 5 heteroatoms. The summed E-state index contributed by atoms with van der Waals surface area (Å²) in [7, 11) is 3.51. The first-order valence-corrected chi connectivity index (χ1v) is 9.19. The Morgan fingerprint density at radius 3 is 2.59 bits per heavy atom. The molecule has 0 radical (unpaired) electrons. The van der Waals surface area contributed by atoms with E-state index in [0.29, 0.717) is 0 Å². The minimum Gasteiger partial charge on any atom is -0.348 e. The van der Waals surface area contributed by atoms with Crippen LogP contribution in [0.25, 0.3) is 16.9 Å². The predicted molar refractivity (Wildman–Crippen MR) is 103 cm³/mol. The number of carbonyl (C=O) groups is 1. The van der Waals surface area contributed by atoms with E-state index < -0.39 is 0 Å². The van der Waals surface area contributed by atoms with Gasteiger partial charge in [0.15, 0.2) is 0 Å². The summed E-state index contributed by atoms with van der Waals surface area (Å²) in [5.74, 6) is 0.694. The molecule has 1 aromatic heterocycles. The summed E-state index contributed by atoms with van der Waals surface area (Å²) in [5.41, 5.74) is 4.81. The number of amides is 1. The van der Waals surface area contributed by atoms with Crippen molar-refractivity contribution < 1.29 is 9.18 Å². The highest BCUT2D eigenvalue weighted by Gasteiger charge is 2.25. The zero-order valence-corrected chi connectivity index (χ0v) is 15.6. The highest BCUT2D eigenvalue weighted by molar-refractivity contribution is 5.81. The Balaban J connectivity index is 1.94. The molecule has 1 aliphatic heterocycles. The minimum absolute atomic E-state index is 0.0165. The Kier molecular flexibility index (Phi) is 4.52. The topological polar surface area (TPSA) is 38.1 Å². The summed E-state index contributed by atoms with van der Waals surface area (Å²) in [6.45, 7) is 0. The minimum atomic E-state index is -0.282. The average molecular weight is 363 g/mol. The molecule has 2 heterocycles. The third-order valence-corrected chi connectivity index (χ3v) is 5.06. The van der Waals surface area contributed by atoms with Crippen LogP contribution in [-0.2, 0) is 24.1 Å². The number of para-hydroxylation sites is 1. The SMILES string of the molecule is CN(C)C(=O)Cc1c(-c2ccc(F)cc2)nc2n1-c1ccccc1CCC2. The van der Waals surface area contributed by atoms with E-state index in [1.165, 1.54) is 17.7 Å². The third-order valence-electron chi connectivity index (χ3n) is 5.06. The van der Waals surface area contributed by atoms with Crippen molar-refractivity contribution in [2.24, 2.45) is 0 Å². The number of hydrogen-bond acceptors (Lipinski definition) is 2. The number of carbonyl (C=O) groups excluding carboxylic acids is 1. The van der Waals surface area contributed by atoms with Crippen molar-refractivity contribution in [3.63, 3.8) is 0 Å². The molecular formula is C22H22FN3O. The molecule has 0 atom stereocenters. The van der Waals surface area contributed by atoms with Gasteiger partial charge in [0, 0.05) is 26.1 Å². The molecule has 3 aromatic rings. The molecule has 0 aliphatic carbocycles. The Hall–Kier alpha value is -2.95. The normalized spacial score (nSPS) is 12.9. The van der Waals surface area contributed by atoms with Crippen LogP contribution in [0.5, 0.6) is 0 Å². The second-order valence-corrected chi connectivity index (χ2v) is 7.11. The Bertz CT molecular complexity index is 989. The van der Waals surface area contributed by atoms with Gasteiger partial charge in [0.25, 0.3) is 0 Å². The van der Waals surface area contributed by atoms with Crippen LogP contribution in [-0.4, -0.2) is 34.5 Å². The number of aryl methyl sites for hydroxylation is 2. The summed E-state index contributed by atoms with van der Waals surface area (Å²) >= 11 is 0. The van der Waals surface area contributed by atoms with Gasteiger partial charge in [-0.2, -0.15) is 0 Å². The molecule has 1 aliphatic rings. The first-order chi connectivity index (χ1) is 13.0. The van der Waals surface area contributed by atoms with Crippen molar-refractivity contribution in [2.45, 2.75) is 25.7 Å². The van der Waals surface area contributed by atoms with Crippen LogP contribution in [0.15, 0.2) is 48.5 Å². The van der Waals surface area contributed by atoms with Crippen LogP contribution >= 0.6 is 0 Å². The first kappa shape index (κ1) is 17.5. The molecule has 0 unspecified atom stereocenters. The van der Waals surface area contributed by atoms with E-state index in [0.717, 1.165) is 47.7 Å². The van der Waals surface area contributed by atoms with Gasteiger partial charge in [-0.1, -0.05) is 18.2 Å². The van der Waals surface area contributed by atoms with Crippen molar-refractivity contribution in [1.82, 2.24) is 14.5 Å². The van der Waals surface area contributed by atoms with Crippen molar-refractivity contribution in [2.75, 3.05) is 14.1 Å². The molecule has 27 heavy (non-hydrogen) atoms. The Morgan fingerprint density at radius 1 is 1.11 bits per heavy atom. The number of nitrogens with zero attached hydrogens (tertiary/aromatic N) is 3. The van der Waals surface area contributed by atoms with Crippen LogP contribution in [0.4, 0.5) is 4.39 Å². The van der Waals surface area contributed by atoms with Crippen molar-refractivity contribution in [3.05, 3.63) is 71.4 Å². The van der Waals surface area contributed by atoms with E-state index in [4.69, 9.17) is 4.98 Å². The number of likely N-dealkylation sites (N-methyl/N-ethyl adjacent to an activating group) is 1. The molecule has 0 saturated heterocycles. The summed E-state index contributed by atoms with van der Waals surface area (Å²) in [5, 5.41) is 0. The lowest BCUT2D eigenvalue weighted by Gasteiger charge is -2.16. The van der Waals surface area contributed by atoms with Crippen molar-refractivity contribution >= 4 is 5.91 Å². The van der Waals surface area contributed by atoms with Crippen LogP contribution < -0.4 is 0 Å². The number of imidazole rings is 1. The van der Waals surface area contributed by atoms with E-state index >= 15 is 0 Å². The van der Waals surface area contributed by atoms with Gasteiger partial charge in [-0.3, -0.25) is 9.36 Å². The smallest absolute Gasteiger partial charge is 0.228 e. The average Bonchev–Trinajstić information content (AvgIpc) is 2.90. The number of aromatic nitrogens is 2. The lowest BCUT2D eigenvalue weighted by molar-refractivity contribution is -0.128. The van der Waals surface area contributed by atoms with Gasteiger partial charge in [-0.15, -0.1) is 0 Å². The molecule has 4 rings (SSSR count). The fraction of sp³-hybridized carbons (Fsp3) is 0.273. The lowest BCUT2D eigenvalue weighted by Crippen LogP contribution is -2.25. The number of fused-ring (bicyclic) bond motifs is 3. The van der Waals surface area contributed by atoms with Crippen LogP contribution in [0.2, 0.25) is 0 Å². The summed E-state index contributed by atoms with van der Waals surface area (Å²) < 4.78 is 15.6. The molecule has 138 valence electrons. The largest absolute Gasteiger partial charge is 0.348 e. The van der Waals surface area contributed by atoms with Gasteiger partial charge < -0.3 is 4.90 Å². The summed E-state index contributed by atoms with van der Waals surface area (Å²) in [6.07, 6.45) is 3.10. The maximum Gasteiger partial charge on any atom is 0.228 e. The zero-order chi connectivity index (χ0) is 19.0. The lowest BCUT2D eigenvalue weighted by atomic mass is 10.1. The molecule has 0 fully saturated rings. The van der Waals surface area contributed by atoms with Crippen LogP contribution in [0.1, 0.15) is 23.5 Å². The van der Waals surface area contributed by atoms with Gasteiger partial charge in [0.1, 0.15) is 11.6 Å². The molecule has 0 bridgehead atoms. The maximum atomic E-state index is 13.4. The monoisotopic (exact) mass is 363 g/mol. The number of hydrogen-bond donors (Lipinski definition) is 0. The van der Waals surface area contributed by atoms with Gasteiger partial charge >= 0.3 is 0 Å². The summed E-state index contributed by atoms with van der Waals surface area (Å²) in [4.78, 5) is 19.0. The summed E-state index contributed by atoms with van der Waals surface area (Å²) in [6, 6.07) is 14.6. The number of benzene rings is 2. The molecule has 2 aromatic carbocycles. The number of rotatable bonds is 3. The number of halogens is 1. The standard InChI is InChI=1S/C22H22FN3O/c1-25(2)21(27)14-19-22(16-10-12-17(23)13-11-16)24-20-9-5-7-15-6-3-4-8-18(15)26(19)20/h3-4,6,8,10-13H,5,7,9,14H2,1-2H3. The predicted octanol–water partition coefficient (Wildman–Crippen LogP) is 3.80. The van der Waals surface area contributed by atoms with E-state index in [9.17, 15) is 9.18 Å². The third kappa shape index (κ3) is 3.25. The van der Waals surface area contributed by atoms with E-state index in [2.05, 4.69) is 16.7 Å². The maximum absolute atomic E-state index is 13.4. The van der Waals surface area contributed by atoms with E-state index in [1.54, 1.807) is 31.1 Å². The second-order valence-electron chi connectivity index (χ2n) is 7.11. The Labute approximate surface area is 158 Å². The van der Waals surface area contributed by atoms with Crippen LogP contribution in [0, 0.1) is 5.82 Å². The molecule has 0 N–H and O–H groups in total. The first-order valence-electron chi connectivity index (χ1n) is 9.19. The van der Waals surface area contributed by atoms with Crippen LogP contribution in [0.3, 0.4) is 0 Å². The fourth-order valence-corrected chi connectivity index (χ4v) is 3.64. The molecule has 0 spiro atoms. The highest BCUT2D eigenvalue weighted by atomic mass is 19.1. The van der Waals surface area contributed by atoms with Gasteiger partial charge in [-0.05, 0) is 48.7 Å². The quantitative estimate of drug-likeness (QED) is 0.710. The van der Waals surface area contributed by atoms with Crippen molar-refractivity contribution in [1.29, 1.82) is 0 Å². The molecule has 0 saturated carbocycles. The van der Waals surface area contributed by atoms with E-state index in [-0.39, 0.29) is 18.1 Å². The van der Waals surface area contributed by atoms with Gasteiger partial charge in [0.05, 0.1) is 23.5 Å². The Morgan fingerprint density at radius 2 is 1.85 bits per heavy atom.